The molecule has 0 aliphatic rings. The van der Waals surface area contributed by atoms with Crippen LogP contribution in [-0.2, 0) is 6.54 Å². The summed E-state index contributed by atoms with van der Waals surface area (Å²) >= 11 is 0. The van der Waals surface area contributed by atoms with Crippen LogP contribution in [0.3, 0.4) is 0 Å². The molecule has 2 aromatic heterocycles. The molecule has 0 aliphatic carbocycles. The molecule has 2 heterocycles. The van der Waals surface area contributed by atoms with Gasteiger partial charge in [-0.1, -0.05) is 6.07 Å². The highest BCUT2D eigenvalue weighted by atomic mass is 16.1. The Labute approximate surface area is 116 Å². The summed E-state index contributed by atoms with van der Waals surface area (Å²) in [5.74, 6) is 0.581. The van der Waals surface area contributed by atoms with Gasteiger partial charge in [-0.25, -0.2) is 4.98 Å². The summed E-state index contributed by atoms with van der Waals surface area (Å²) in [5, 5.41) is 2.82. The fourth-order valence-corrected chi connectivity index (χ4v) is 2.02. The fraction of sp³-hybridized carbons (Fsp3) is 0.133. The van der Waals surface area contributed by atoms with Gasteiger partial charge in [0.2, 0.25) is 0 Å². The number of aromatic amines is 1. The summed E-state index contributed by atoms with van der Waals surface area (Å²) in [6.45, 7) is 2.39. The third-order valence-electron chi connectivity index (χ3n) is 3.03. The highest BCUT2D eigenvalue weighted by molar-refractivity contribution is 5.93. The molecule has 0 fully saturated rings. The number of hydrogen-bond acceptors (Lipinski definition) is 3. The number of aryl methyl sites for hydroxylation is 1. The highest BCUT2D eigenvalue weighted by Gasteiger charge is 2.07. The third kappa shape index (κ3) is 2.51. The second-order valence-corrected chi connectivity index (χ2v) is 4.63. The second kappa shape index (κ2) is 5.13. The molecule has 3 rings (SSSR count). The van der Waals surface area contributed by atoms with Gasteiger partial charge in [0.05, 0.1) is 23.1 Å². The molecule has 2 N–H and O–H groups in total. The number of fused-ring (bicyclic) bond motifs is 1. The Morgan fingerprint density at radius 3 is 3.05 bits per heavy atom. The highest BCUT2D eigenvalue weighted by Crippen LogP contribution is 2.13. The molecule has 0 saturated carbocycles. The quantitative estimate of drug-likeness (QED) is 0.763. The van der Waals surface area contributed by atoms with E-state index in [1.54, 1.807) is 18.3 Å². The van der Waals surface area contributed by atoms with Crippen LogP contribution in [0.15, 0.2) is 42.7 Å². The van der Waals surface area contributed by atoms with Crippen molar-refractivity contribution in [2.45, 2.75) is 13.5 Å². The predicted octanol–water partition coefficient (Wildman–Crippen LogP) is 2.20. The lowest BCUT2D eigenvalue weighted by atomic mass is 10.2. The van der Waals surface area contributed by atoms with Crippen molar-refractivity contribution < 1.29 is 4.79 Å². The number of hydrogen-bond donors (Lipinski definition) is 2. The molecule has 0 saturated heterocycles. The van der Waals surface area contributed by atoms with Crippen LogP contribution < -0.4 is 5.32 Å². The minimum absolute atomic E-state index is 0.158. The van der Waals surface area contributed by atoms with E-state index >= 15 is 0 Å². The number of benzene rings is 1. The zero-order valence-electron chi connectivity index (χ0n) is 11.1. The molecule has 0 aliphatic heterocycles. The molecule has 20 heavy (non-hydrogen) atoms. The average molecular weight is 266 g/mol. The molecule has 3 aromatic rings. The van der Waals surface area contributed by atoms with E-state index in [1.165, 1.54) is 11.8 Å². The van der Waals surface area contributed by atoms with Crippen molar-refractivity contribution in [2.75, 3.05) is 0 Å². The summed E-state index contributed by atoms with van der Waals surface area (Å²) in [7, 11) is 0. The lowest BCUT2D eigenvalue weighted by Gasteiger charge is -2.02. The Morgan fingerprint density at radius 1 is 1.35 bits per heavy atom. The Hall–Kier alpha value is -2.69. The van der Waals surface area contributed by atoms with Gasteiger partial charge in [-0.15, -0.1) is 0 Å². The second-order valence-electron chi connectivity index (χ2n) is 4.63. The monoisotopic (exact) mass is 266 g/mol. The molecule has 1 aromatic carbocycles. The van der Waals surface area contributed by atoms with Crippen molar-refractivity contribution in [1.82, 2.24) is 20.3 Å². The van der Waals surface area contributed by atoms with Gasteiger partial charge in [0.25, 0.3) is 5.91 Å². The maximum atomic E-state index is 11.9. The van der Waals surface area contributed by atoms with Gasteiger partial charge in [-0.2, -0.15) is 0 Å². The molecule has 100 valence electrons. The Balaban J connectivity index is 1.72. The molecular weight excluding hydrogens is 252 g/mol. The minimum Gasteiger partial charge on any atom is -0.345 e. The van der Waals surface area contributed by atoms with Crippen LogP contribution in [0.25, 0.3) is 11.0 Å². The van der Waals surface area contributed by atoms with Crippen LogP contribution in [0.4, 0.5) is 0 Å². The predicted molar refractivity (Wildman–Crippen MR) is 76.2 cm³/mol. The van der Waals surface area contributed by atoms with Crippen molar-refractivity contribution in [3.05, 3.63) is 59.7 Å². The number of nitrogens with one attached hydrogen (secondary N) is 2. The van der Waals surface area contributed by atoms with E-state index in [4.69, 9.17) is 0 Å². The number of amides is 1. The molecule has 5 nitrogen and oxygen atoms in total. The van der Waals surface area contributed by atoms with Crippen LogP contribution in [0.5, 0.6) is 0 Å². The SMILES string of the molecule is Cc1ccc2nc(CNC(=O)c3cccnc3)[nH]c2c1. The zero-order chi connectivity index (χ0) is 13.9. The van der Waals surface area contributed by atoms with Gasteiger partial charge < -0.3 is 10.3 Å². The Morgan fingerprint density at radius 2 is 2.25 bits per heavy atom. The van der Waals surface area contributed by atoms with Crippen molar-refractivity contribution in [3.8, 4) is 0 Å². The number of rotatable bonds is 3. The van der Waals surface area contributed by atoms with Gasteiger partial charge in [-0.3, -0.25) is 9.78 Å². The van der Waals surface area contributed by atoms with Crippen LogP contribution >= 0.6 is 0 Å². The number of nitrogens with zero attached hydrogens (tertiary/aromatic N) is 2. The minimum atomic E-state index is -0.158. The molecule has 0 spiro atoms. The molecule has 0 bridgehead atoms. The summed E-state index contributed by atoms with van der Waals surface area (Å²) in [6.07, 6.45) is 3.18. The number of H-pyrrole nitrogens is 1. The Kier molecular flexibility index (Phi) is 3.16. The number of pyridine rings is 1. The van der Waals surface area contributed by atoms with Crippen molar-refractivity contribution in [1.29, 1.82) is 0 Å². The van der Waals surface area contributed by atoms with E-state index in [0.717, 1.165) is 16.9 Å². The maximum absolute atomic E-state index is 11.9. The molecule has 0 atom stereocenters. The van der Waals surface area contributed by atoms with Gasteiger partial charge in [-0.05, 0) is 36.8 Å². The summed E-state index contributed by atoms with van der Waals surface area (Å²) < 4.78 is 0. The largest absolute Gasteiger partial charge is 0.345 e. The number of carbonyl (C=O) groups is 1. The van der Waals surface area contributed by atoms with Crippen molar-refractivity contribution in [3.63, 3.8) is 0 Å². The first kappa shape index (κ1) is 12.3. The smallest absolute Gasteiger partial charge is 0.253 e. The molecule has 0 unspecified atom stereocenters. The number of carbonyl (C=O) groups excluding carboxylic acids is 1. The van der Waals surface area contributed by atoms with Crippen molar-refractivity contribution >= 4 is 16.9 Å². The number of imidazole rings is 1. The zero-order valence-corrected chi connectivity index (χ0v) is 11.1. The first-order chi connectivity index (χ1) is 9.72. The maximum Gasteiger partial charge on any atom is 0.253 e. The van der Waals surface area contributed by atoms with E-state index in [2.05, 4.69) is 20.3 Å². The lowest BCUT2D eigenvalue weighted by Crippen LogP contribution is -2.23. The number of aromatic nitrogens is 3. The topological polar surface area (TPSA) is 70.7 Å². The Bertz CT molecular complexity index is 749. The van der Waals surface area contributed by atoms with Crippen LogP contribution in [0, 0.1) is 6.92 Å². The van der Waals surface area contributed by atoms with E-state index < -0.39 is 0 Å². The molecule has 0 radical (unpaired) electrons. The average Bonchev–Trinajstić information content (AvgIpc) is 2.87. The van der Waals surface area contributed by atoms with E-state index in [9.17, 15) is 4.79 Å². The van der Waals surface area contributed by atoms with Crippen LogP contribution in [0.1, 0.15) is 21.7 Å². The van der Waals surface area contributed by atoms with Crippen LogP contribution in [0.2, 0.25) is 0 Å². The first-order valence-electron chi connectivity index (χ1n) is 6.36. The fourth-order valence-electron chi connectivity index (χ4n) is 2.02. The summed E-state index contributed by atoms with van der Waals surface area (Å²) in [6, 6.07) is 9.48. The van der Waals surface area contributed by atoms with Crippen molar-refractivity contribution in [2.24, 2.45) is 0 Å². The van der Waals surface area contributed by atoms with Gasteiger partial charge in [0.15, 0.2) is 0 Å². The van der Waals surface area contributed by atoms with E-state index in [-0.39, 0.29) is 5.91 Å². The van der Waals surface area contributed by atoms with Crippen LogP contribution in [-0.4, -0.2) is 20.9 Å². The van der Waals surface area contributed by atoms with Gasteiger partial charge in [0.1, 0.15) is 5.82 Å². The standard InChI is InChI=1S/C15H14N4O/c1-10-4-5-12-13(7-10)19-14(18-12)9-17-15(20)11-3-2-6-16-8-11/h2-8H,9H2,1H3,(H,17,20)(H,18,19). The molecule has 5 heteroatoms. The van der Waals surface area contributed by atoms with E-state index in [1.807, 2.05) is 25.1 Å². The third-order valence-corrected chi connectivity index (χ3v) is 3.03. The summed E-state index contributed by atoms with van der Waals surface area (Å²) in [5.41, 5.74) is 3.60. The van der Waals surface area contributed by atoms with Gasteiger partial charge >= 0.3 is 0 Å². The molecular formula is C15H14N4O. The normalized spacial score (nSPS) is 10.7. The van der Waals surface area contributed by atoms with Gasteiger partial charge in [0, 0.05) is 12.4 Å². The van der Waals surface area contributed by atoms with E-state index in [0.29, 0.717) is 12.1 Å². The lowest BCUT2D eigenvalue weighted by molar-refractivity contribution is 0.0949. The molecule has 1 amide bonds. The first-order valence-corrected chi connectivity index (χ1v) is 6.36. The summed E-state index contributed by atoms with van der Waals surface area (Å²) in [4.78, 5) is 23.5.